The normalized spacial score (nSPS) is 12.6. The van der Waals surface area contributed by atoms with Crippen LogP contribution in [0.2, 0.25) is 0 Å². The lowest BCUT2D eigenvalue weighted by Crippen LogP contribution is -2.56. The van der Waals surface area contributed by atoms with Gasteiger partial charge in [0, 0.05) is 41.5 Å². The fraction of sp³-hybridized carbons (Fsp3) is 0.412. The molecule has 9 N–H and O–H groups in total. The van der Waals surface area contributed by atoms with Gasteiger partial charge >= 0.3 is 29.8 Å². The van der Waals surface area contributed by atoms with Gasteiger partial charge in [-0.1, -0.05) is 31.7 Å². The van der Waals surface area contributed by atoms with Gasteiger partial charge in [0.1, 0.15) is 23.9 Å². The predicted molar refractivity (Wildman–Crippen MR) is 185 cm³/mol. The molecule has 0 bridgehead atoms. The predicted octanol–water partition coefficient (Wildman–Crippen LogP) is 1.59. The van der Waals surface area contributed by atoms with E-state index >= 15 is 0 Å². The first-order valence-corrected chi connectivity index (χ1v) is 16.6. The average molecular weight is 741 g/mol. The molecule has 284 valence electrons. The highest BCUT2D eigenvalue weighted by atomic mass is 16.4. The van der Waals surface area contributed by atoms with Gasteiger partial charge in [0.2, 0.25) is 17.7 Å². The van der Waals surface area contributed by atoms with Crippen LogP contribution in [-0.2, 0) is 33.6 Å². The van der Waals surface area contributed by atoms with E-state index in [0.29, 0.717) is 30.7 Å². The van der Waals surface area contributed by atoms with Crippen molar-refractivity contribution in [1.82, 2.24) is 25.9 Å². The summed E-state index contributed by atoms with van der Waals surface area (Å²) in [6, 6.07) is 1.04. The van der Waals surface area contributed by atoms with Gasteiger partial charge in [0.15, 0.2) is 0 Å². The Kier molecular flexibility index (Phi) is 15.4. The first-order chi connectivity index (χ1) is 25.2. The van der Waals surface area contributed by atoms with Gasteiger partial charge < -0.3 is 46.8 Å². The molecule has 0 aliphatic heterocycles. The van der Waals surface area contributed by atoms with Crippen molar-refractivity contribution in [3.63, 3.8) is 0 Å². The van der Waals surface area contributed by atoms with Crippen LogP contribution in [0, 0.1) is 0 Å². The Morgan fingerprint density at radius 2 is 1.19 bits per heavy atom. The molecule has 0 saturated carbocycles. The molecule has 1 aromatic carbocycles. The summed E-state index contributed by atoms with van der Waals surface area (Å²) in [6.45, 7) is 0.599. The van der Waals surface area contributed by atoms with Crippen LogP contribution in [0.4, 0.5) is 5.82 Å². The smallest absolute Gasteiger partial charge is 0.335 e. The molecule has 19 nitrogen and oxygen atoms in total. The van der Waals surface area contributed by atoms with Crippen molar-refractivity contribution in [2.24, 2.45) is 0 Å². The molecule has 3 atom stereocenters. The number of carboxylic acid groups (broad SMARTS) is 5. The minimum atomic E-state index is -1.94. The zero-order valence-corrected chi connectivity index (χ0v) is 28.4. The maximum absolute atomic E-state index is 12.9. The molecule has 19 heteroatoms. The fourth-order valence-corrected chi connectivity index (χ4v) is 5.39. The lowest BCUT2D eigenvalue weighted by atomic mass is 10.1. The number of amides is 3. The number of fused-ring (bicyclic) bond motifs is 3. The zero-order valence-electron chi connectivity index (χ0n) is 28.4. The lowest BCUT2D eigenvalue weighted by Gasteiger charge is -2.23. The summed E-state index contributed by atoms with van der Waals surface area (Å²) in [5.41, 5.74) is 0.656. The summed E-state index contributed by atoms with van der Waals surface area (Å²) < 4.78 is 0. The van der Waals surface area contributed by atoms with Gasteiger partial charge in [0.05, 0.1) is 30.3 Å². The summed E-state index contributed by atoms with van der Waals surface area (Å²) in [5, 5.41) is 57.7. The molecule has 53 heavy (non-hydrogen) atoms. The van der Waals surface area contributed by atoms with Crippen LogP contribution in [0.1, 0.15) is 74.6 Å². The topological polar surface area (TPSA) is 312 Å². The molecule has 3 aromatic rings. The largest absolute Gasteiger partial charge is 0.481 e. The molecule has 0 aliphatic rings. The number of nitrogens with zero attached hydrogens (tertiary/aromatic N) is 2. The van der Waals surface area contributed by atoms with Gasteiger partial charge in [-0.15, -0.1) is 0 Å². The minimum absolute atomic E-state index is 0.0569. The molecule has 2 aromatic heterocycles. The summed E-state index contributed by atoms with van der Waals surface area (Å²) in [7, 11) is 0. The summed E-state index contributed by atoms with van der Waals surface area (Å²) in [4.78, 5) is 103. The molecule has 3 amide bonds. The molecule has 0 saturated heterocycles. The minimum Gasteiger partial charge on any atom is -0.481 e. The van der Waals surface area contributed by atoms with Gasteiger partial charge in [-0.3, -0.25) is 33.8 Å². The maximum atomic E-state index is 12.9. The first-order valence-electron chi connectivity index (χ1n) is 16.6. The van der Waals surface area contributed by atoms with Crippen LogP contribution in [0.15, 0.2) is 36.7 Å². The number of pyridine rings is 2. The van der Waals surface area contributed by atoms with Crippen LogP contribution in [-0.4, -0.2) is 108 Å². The molecular weight excluding hydrogens is 700 g/mol. The Labute approximate surface area is 301 Å². The molecule has 0 aliphatic carbocycles. The molecule has 0 unspecified atom stereocenters. The highest BCUT2D eigenvalue weighted by Gasteiger charge is 2.32. The second-order valence-corrected chi connectivity index (χ2v) is 12.1. The lowest BCUT2D eigenvalue weighted by molar-refractivity contribution is -0.148. The second-order valence-electron chi connectivity index (χ2n) is 12.1. The molecule has 0 spiro atoms. The quantitative estimate of drug-likeness (QED) is 0.0492. The van der Waals surface area contributed by atoms with E-state index in [0.717, 1.165) is 41.8 Å². The van der Waals surface area contributed by atoms with E-state index in [1.165, 1.54) is 12.1 Å². The number of aliphatic carboxylic acids is 4. The highest BCUT2D eigenvalue weighted by Crippen LogP contribution is 2.29. The molecule has 3 rings (SSSR count). The van der Waals surface area contributed by atoms with Gasteiger partial charge in [-0.05, 0) is 31.0 Å². The number of rotatable bonds is 23. The van der Waals surface area contributed by atoms with Crippen LogP contribution in [0.25, 0.3) is 21.7 Å². The van der Waals surface area contributed by atoms with Crippen LogP contribution in [0.5, 0.6) is 0 Å². The van der Waals surface area contributed by atoms with E-state index in [1.54, 1.807) is 18.5 Å². The Morgan fingerprint density at radius 3 is 1.79 bits per heavy atom. The number of aromatic carboxylic acids is 1. The molecule has 2 heterocycles. The Morgan fingerprint density at radius 1 is 0.623 bits per heavy atom. The molecule has 0 fully saturated rings. The number of carbonyl (C=O) groups excluding carboxylic acids is 3. The summed E-state index contributed by atoms with van der Waals surface area (Å²) in [5.74, 6) is -10.0. The Hall–Kier alpha value is -6.40. The number of hydrogen-bond donors (Lipinski definition) is 9. The molecular formula is C34H40N6O13. The average Bonchev–Trinajstić information content (AvgIpc) is 3.08. The number of aromatic nitrogens is 2. The Bertz CT molecular complexity index is 1870. The van der Waals surface area contributed by atoms with E-state index < -0.39 is 85.0 Å². The SMILES string of the molecule is O=C(O)C[C@H](NC(=O)[C@H](CC(=O)O)NC(=O)[C@H](CC(=O)O)NC(=O)CCCCCCCCNc1nc2cc(C(=O)O)ccc2c2cnccc12)C(=O)O. The number of hydrogen-bond acceptors (Lipinski definition) is 11. The third kappa shape index (κ3) is 13.0. The van der Waals surface area contributed by atoms with E-state index in [9.17, 15) is 53.7 Å². The van der Waals surface area contributed by atoms with Crippen LogP contribution in [0.3, 0.4) is 0 Å². The van der Waals surface area contributed by atoms with Crippen molar-refractivity contribution < 1.29 is 63.9 Å². The van der Waals surface area contributed by atoms with Gasteiger partial charge in [-0.2, -0.15) is 0 Å². The third-order valence-corrected chi connectivity index (χ3v) is 8.00. The Balaban J connectivity index is 1.44. The zero-order chi connectivity index (χ0) is 39.1. The number of carboxylic acids is 5. The van der Waals surface area contributed by atoms with Crippen LogP contribution >= 0.6 is 0 Å². The van der Waals surface area contributed by atoms with Crippen molar-refractivity contribution in [2.75, 3.05) is 11.9 Å². The van der Waals surface area contributed by atoms with Crippen molar-refractivity contribution in [3.05, 3.63) is 42.2 Å². The third-order valence-electron chi connectivity index (χ3n) is 8.00. The standard InChI is InChI=1S/C34H40N6O13/c41-26(37-23(14-27(42)43)31(48)39-24(15-28(44)45)32(49)40-25(34(52)53)16-29(46)47)7-5-3-1-2-4-6-11-36-30-20-10-12-35-17-21(20)19-9-8-18(33(50)51)13-22(19)38-30/h8-10,12-13,17,23-25H,1-7,11,14-16H2,(H,36,38)(H,37,41)(H,39,48)(H,40,49)(H,42,43)(H,44,45)(H,46,47)(H,50,51)(H,52,53)/t23-,24-,25-/m0/s1. The van der Waals surface area contributed by atoms with Crippen molar-refractivity contribution >= 4 is 75.1 Å². The maximum Gasteiger partial charge on any atom is 0.335 e. The first kappa shape index (κ1) is 41.0. The molecule has 0 radical (unpaired) electrons. The monoisotopic (exact) mass is 740 g/mol. The highest BCUT2D eigenvalue weighted by molar-refractivity contribution is 6.10. The summed E-state index contributed by atoms with van der Waals surface area (Å²) in [6.07, 6.45) is 4.63. The van der Waals surface area contributed by atoms with E-state index in [-0.39, 0.29) is 12.0 Å². The fourth-order valence-electron chi connectivity index (χ4n) is 5.39. The van der Waals surface area contributed by atoms with Crippen LogP contribution < -0.4 is 21.3 Å². The number of nitrogens with one attached hydrogen (secondary N) is 4. The van der Waals surface area contributed by atoms with Gasteiger partial charge in [0.25, 0.3) is 0 Å². The summed E-state index contributed by atoms with van der Waals surface area (Å²) >= 11 is 0. The second kappa shape index (κ2) is 19.8. The van der Waals surface area contributed by atoms with Gasteiger partial charge in [-0.25, -0.2) is 14.6 Å². The van der Waals surface area contributed by atoms with E-state index in [1.807, 2.05) is 16.7 Å². The van der Waals surface area contributed by atoms with E-state index in [2.05, 4.69) is 20.6 Å². The number of benzene rings is 1. The number of unbranched alkanes of at least 4 members (excludes halogenated alkanes) is 5. The van der Waals surface area contributed by atoms with E-state index in [4.69, 9.17) is 10.2 Å². The number of anilines is 1. The number of carbonyl (C=O) groups is 8. The van der Waals surface area contributed by atoms with Crippen molar-refractivity contribution in [1.29, 1.82) is 0 Å². The van der Waals surface area contributed by atoms with Crippen molar-refractivity contribution in [2.45, 2.75) is 82.3 Å². The van der Waals surface area contributed by atoms with Crippen molar-refractivity contribution in [3.8, 4) is 0 Å².